The van der Waals surface area contributed by atoms with Crippen molar-refractivity contribution in [2.45, 2.75) is 18.9 Å². The van der Waals surface area contributed by atoms with Crippen molar-refractivity contribution < 1.29 is 18.8 Å². The fraction of sp³-hybridized carbons (Fsp3) is 0.217. The molecule has 2 aromatic carbocycles. The third-order valence-corrected chi connectivity index (χ3v) is 5.57. The number of carbonyl (C=O) groups is 3. The summed E-state index contributed by atoms with van der Waals surface area (Å²) in [5.41, 5.74) is 7.82. The molecule has 1 heterocycles. The number of amides is 2. The summed E-state index contributed by atoms with van der Waals surface area (Å²) in [6.07, 6.45) is 2.52. The molecule has 8 heteroatoms. The largest absolute Gasteiger partial charge is 0.363 e. The minimum absolute atomic E-state index is 0.102. The van der Waals surface area contributed by atoms with Crippen molar-refractivity contribution in [3.63, 3.8) is 0 Å². The average Bonchev–Trinajstić information content (AvgIpc) is 3.35. The van der Waals surface area contributed by atoms with Crippen LogP contribution in [0, 0.1) is 11.7 Å². The first-order valence-electron chi connectivity index (χ1n) is 9.85. The molecule has 4 rings (SSSR count). The van der Waals surface area contributed by atoms with Crippen LogP contribution in [0.1, 0.15) is 21.5 Å². The molecule has 2 amide bonds. The Kier molecular flexibility index (Phi) is 5.37. The molecule has 31 heavy (non-hydrogen) atoms. The van der Waals surface area contributed by atoms with E-state index < -0.39 is 29.5 Å². The predicted molar refractivity (Wildman–Crippen MR) is 111 cm³/mol. The number of primary amides is 1. The zero-order chi connectivity index (χ0) is 22.1. The number of benzene rings is 2. The monoisotopic (exact) mass is 420 g/mol. The normalized spacial score (nSPS) is 14.1. The maximum absolute atomic E-state index is 14.3. The van der Waals surface area contributed by atoms with E-state index in [9.17, 15) is 18.8 Å². The minimum atomic E-state index is -1.11. The van der Waals surface area contributed by atoms with Crippen LogP contribution in [0.4, 0.5) is 4.39 Å². The first-order valence-corrected chi connectivity index (χ1v) is 9.85. The molecule has 0 saturated heterocycles. The Morgan fingerprint density at radius 2 is 1.71 bits per heavy atom. The standard InChI is InChI=1S/C23H21FN4O3/c1-28-12-17(20(27-28)16-8-4-5-9-18(16)24)23(31)26-19(21(29)22(25)30)15-10-13-6-2-3-7-14(13)11-15/h2-9,12,15,19H,10-11H2,1H3,(H2,25,30)(H,26,31). The summed E-state index contributed by atoms with van der Waals surface area (Å²) in [5, 5.41) is 6.89. The van der Waals surface area contributed by atoms with Gasteiger partial charge in [0, 0.05) is 18.8 Å². The number of ketones is 1. The van der Waals surface area contributed by atoms with Gasteiger partial charge in [0.2, 0.25) is 5.78 Å². The summed E-state index contributed by atoms with van der Waals surface area (Å²) < 4.78 is 15.7. The first kappa shape index (κ1) is 20.5. The Morgan fingerprint density at radius 1 is 1.10 bits per heavy atom. The van der Waals surface area contributed by atoms with E-state index in [1.165, 1.54) is 23.0 Å². The van der Waals surface area contributed by atoms with Gasteiger partial charge in [-0.3, -0.25) is 19.1 Å². The van der Waals surface area contributed by atoms with Gasteiger partial charge in [0.25, 0.3) is 11.8 Å². The van der Waals surface area contributed by atoms with Crippen LogP contribution >= 0.6 is 0 Å². The van der Waals surface area contributed by atoms with Crippen LogP contribution in [0.5, 0.6) is 0 Å². The lowest BCUT2D eigenvalue weighted by Crippen LogP contribution is -2.50. The smallest absolute Gasteiger partial charge is 0.287 e. The molecule has 0 spiro atoms. The number of nitrogens with zero attached hydrogens (tertiary/aromatic N) is 2. The topological polar surface area (TPSA) is 107 Å². The van der Waals surface area contributed by atoms with E-state index in [1.54, 1.807) is 19.2 Å². The fourth-order valence-corrected chi connectivity index (χ4v) is 4.11. The van der Waals surface area contributed by atoms with Crippen LogP contribution in [0.15, 0.2) is 54.7 Å². The summed E-state index contributed by atoms with van der Waals surface area (Å²) in [7, 11) is 1.61. The van der Waals surface area contributed by atoms with Crippen LogP contribution in [0.3, 0.4) is 0 Å². The number of nitrogens with one attached hydrogen (secondary N) is 1. The van der Waals surface area contributed by atoms with Crippen molar-refractivity contribution in [1.82, 2.24) is 15.1 Å². The quantitative estimate of drug-likeness (QED) is 0.593. The number of Topliss-reactive ketones (excluding diaryl/α,β-unsaturated/α-hetero) is 1. The van der Waals surface area contributed by atoms with Crippen LogP contribution in [0.25, 0.3) is 11.3 Å². The molecule has 1 aliphatic rings. The summed E-state index contributed by atoms with van der Waals surface area (Å²) in [5.74, 6) is -3.42. The fourth-order valence-electron chi connectivity index (χ4n) is 4.11. The van der Waals surface area contributed by atoms with Gasteiger partial charge < -0.3 is 11.1 Å². The third kappa shape index (κ3) is 3.96. The van der Waals surface area contributed by atoms with E-state index in [0.29, 0.717) is 12.8 Å². The second kappa shape index (κ2) is 8.14. The molecule has 0 fully saturated rings. The molecular formula is C23H21FN4O3. The zero-order valence-electron chi connectivity index (χ0n) is 16.8. The van der Waals surface area contributed by atoms with Gasteiger partial charge >= 0.3 is 0 Å². The van der Waals surface area contributed by atoms with E-state index in [0.717, 1.165) is 11.1 Å². The molecule has 1 atom stereocenters. The van der Waals surface area contributed by atoms with Crippen molar-refractivity contribution in [2.75, 3.05) is 0 Å². The van der Waals surface area contributed by atoms with Crippen LogP contribution in [-0.2, 0) is 29.5 Å². The first-order chi connectivity index (χ1) is 14.8. The highest BCUT2D eigenvalue weighted by Gasteiger charge is 2.37. The van der Waals surface area contributed by atoms with Crippen LogP contribution < -0.4 is 11.1 Å². The number of aryl methyl sites for hydroxylation is 1. The molecule has 7 nitrogen and oxygen atoms in total. The van der Waals surface area contributed by atoms with Gasteiger partial charge in [-0.1, -0.05) is 36.4 Å². The Balaban J connectivity index is 1.65. The number of carbonyl (C=O) groups excluding carboxylic acids is 3. The van der Waals surface area contributed by atoms with Crippen molar-refractivity contribution in [3.05, 3.63) is 77.2 Å². The van der Waals surface area contributed by atoms with E-state index in [-0.39, 0.29) is 22.7 Å². The van der Waals surface area contributed by atoms with E-state index >= 15 is 0 Å². The molecule has 158 valence electrons. The molecule has 0 aliphatic heterocycles. The highest BCUT2D eigenvalue weighted by molar-refractivity contribution is 6.38. The second-order valence-electron chi connectivity index (χ2n) is 7.66. The lowest BCUT2D eigenvalue weighted by molar-refractivity contribution is -0.137. The van der Waals surface area contributed by atoms with Gasteiger partial charge in [-0.2, -0.15) is 5.10 Å². The van der Waals surface area contributed by atoms with Gasteiger partial charge in [-0.05, 0) is 42.0 Å². The van der Waals surface area contributed by atoms with Gasteiger partial charge in [0.05, 0.1) is 5.56 Å². The summed E-state index contributed by atoms with van der Waals surface area (Å²) >= 11 is 0. The van der Waals surface area contributed by atoms with E-state index in [2.05, 4.69) is 10.4 Å². The number of hydrogen-bond donors (Lipinski definition) is 2. The lowest BCUT2D eigenvalue weighted by atomic mass is 9.92. The Morgan fingerprint density at radius 3 is 2.32 bits per heavy atom. The number of halogens is 1. The molecule has 3 N–H and O–H groups in total. The lowest BCUT2D eigenvalue weighted by Gasteiger charge is -2.22. The van der Waals surface area contributed by atoms with E-state index in [1.807, 2.05) is 24.3 Å². The molecule has 1 aromatic heterocycles. The van der Waals surface area contributed by atoms with Gasteiger partial charge in [0.15, 0.2) is 0 Å². The van der Waals surface area contributed by atoms with E-state index in [4.69, 9.17) is 5.73 Å². The predicted octanol–water partition coefficient (Wildman–Crippen LogP) is 1.79. The number of rotatable bonds is 6. The Labute approximate surface area is 178 Å². The molecular weight excluding hydrogens is 399 g/mol. The third-order valence-electron chi connectivity index (χ3n) is 5.57. The Bertz CT molecular complexity index is 1160. The van der Waals surface area contributed by atoms with Gasteiger partial charge in [-0.25, -0.2) is 4.39 Å². The Hall–Kier alpha value is -3.81. The molecule has 0 radical (unpaired) electrons. The molecule has 0 bridgehead atoms. The van der Waals surface area contributed by atoms with Crippen molar-refractivity contribution in [3.8, 4) is 11.3 Å². The highest BCUT2D eigenvalue weighted by Crippen LogP contribution is 2.30. The number of nitrogens with two attached hydrogens (primary N) is 1. The second-order valence-corrected chi connectivity index (χ2v) is 7.66. The number of aromatic nitrogens is 2. The zero-order valence-corrected chi connectivity index (χ0v) is 16.8. The summed E-state index contributed by atoms with van der Waals surface area (Å²) in [6.45, 7) is 0. The molecule has 3 aromatic rings. The number of fused-ring (bicyclic) bond motifs is 1. The van der Waals surface area contributed by atoms with Crippen LogP contribution in [0.2, 0.25) is 0 Å². The van der Waals surface area contributed by atoms with Gasteiger partial charge in [0.1, 0.15) is 17.6 Å². The molecule has 1 unspecified atom stereocenters. The molecule has 0 saturated carbocycles. The summed E-state index contributed by atoms with van der Waals surface area (Å²) in [4.78, 5) is 37.4. The minimum Gasteiger partial charge on any atom is -0.363 e. The van der Waals surface area contributed by atoms with Crippen molar-refractivity contribution >= 4 is 17.6 Å². The number of hydrogen-bond acceptors (Lipinski definition) is 4. The van der Waals surface area contributed by atoms with Crippen molar-refractivity contribution in [2.24, 2.45) is 18.7 Å². The SMILES string of the molecule is Cn1cc(C(=O)NC(C(=O)C(N)=O)C2Cc3ccccc3C2)c(-c2ccccc2F)n1. The van der Waals surface area contributed by atoms with Gasteiger partial charge in [-0.15, -0.1) is 0 Å². The summed E-state index contributed by atoms with van der Waals surface area (Å²) in [6, 6.07) is 12.6. The highest BCUT2D eigenvalue weighted by atomic mass is 19.1. The van der Waals surface area contributed by atoms with Crippen LogP contribution in [-0.4, -0.2) is 33.4 Å². The van der Waals surface area contributed by atoms with Crippen molar-refractivity contribution in [1.29, 1.82) is 0 Å². The molecule has 1 aliphatic carbocycles. The maximum Gasteiger partial charge on any atom is 0.287 e. The maximum atomic E-state index is 14.3. The average molecular weight is 420 g/mol.